The van der Waals surface area contributed by atoms with Gasteiger partial charge in [-0.25, -0.2) is 4.79 Å². The molecule has 0 amide bonds. The van der Waals surface area contributed by atoms with Crippen LogP contribution < -0.4 is 5.32 Å². The number of anilines is 1. The maximum Gasteiger partial charge on any atom is 0.391 e. The summed E-state index contributed by atoms with van der Waals surface area (Å²) < 4.78 is 41.6. The first-order valence-corrected chi connectivity index (χ1v) is 5.87. The zero-order valence-corrected chi connectivity index (χ0v) is 10.6. The molecule has 108 valence electrons. The van der Waals surface area contributed by atoms with Crippen molar-refractivity contribution >= 4 is 17.4 Å². The number of alkyl halides is 3. The van der Waals surface area contributed by atoms with Crippen molar-refractivity contribution in [2.45, 2.75) is 25.1 Å². The number of carbonyl (C=O) groups is 2. The molecule has 1 atom stereocenters. The van der Waals surface area contributed by atoms with Crippen molar-refractivity contribution in [3.8, 4) is 0 Å². The van der Waals surface area contributed by atoms with E-state index in [2.05, 4.69) is 10.1 Å². The van der Waals surface area contributed by atoms with Gasteiger partial charge in [0.1, 0.15) is 0 Å². The van der Waals surface area contributed by atoms with Crippen LogP contribution in [-0.2, 0) is 16.0 Å². The number of carbonyl (C=O) groups excluding carboxylic acids is 2. The molecule has 0 aromatic heterocycles. The molecular formula is C13H12F3NO3. The van der Waals surface area contributed by atoms with E-state index in [1.165, 1.54) is 25.3 Å². The Bertz CT molecular complexity index is 554. The summed E-state index contributed by atoms with van der Waals surface area (Å²) in [5, 5.41) is 2.57. The van der Waals surface area contributed by atoms with Crippen LogP contribution in [-0.4, -0.2) is 31.1 Å². The van der Waals surface area contributed by atoms with Gasteiger partial charge in [-0.1, -0.05) is 0 Å². The predicted octanol–water partition coefficient (Wildman–Crippen LogP) is 2.33. The van der Waals surface area contributed by atoms with E-state index in [9.17, 15) is 22.8 Å². The quantitative estimate of drug-likeness (QED) is 0.848. The van der Waals surface area contributed by atoms with Crippen LogP contribution in [0.5, 0.6) is 0 Å². The lowest BCUT2D eigenvalue weighted by Crippen LogP contribution is -2.39. The van der Waals surface area contributed by atoms with Crippen LogP contribution >= 0.6 is 0 Å². The Hall–Kier alpha value is -2.05. The lowest BCUT2D eigenvalue weighted by Gasteiger charge is -2.26. The van der Waals surface area contributed by atoms with Crippen LogP contribution in [0.1, 0.15) is 22.3 Å². The van der Waals surface area contributed by atoms with Gasteiger partial charge in [0.05, 0.1) is 25.1 Å². The van der Waals surface area contributed by atoms with Crippen molar-refractivity contribution in [2.75, 3.05) is 12.4 Å². The fourth-order valence-corrected chi connectivity index (χ4v) is 2.10. The number of rotatable bonds is 2. The van der Waals surface area contributed by atoms with Gasteiger partial charge in [0.2, 0.25) is 0 Å². The molecule has 1 aromatic carbocycles. The van der Waals surface area contributed by atoms with Crippen LogP contribution in [0, 0.1) is 0 Å². The standard InChI is InChI=1S/C13H12F3NO3/c1-20-12(19)7-2-3-9-8(4-7)5-11(18)10(17-9)6-13(14,15)16/h2-4,10,17H,5-6H2,1H3. The Kier molecular flexibility index (Phi) is 3.69. The molecule has 1 heterocycles. The van der Waals surface area contributed by atoms with E-state index in [1.54, 1.807) is 0 Å². The van der Waals surface area contributed by atoms with Crippen LogP contribution in [0.4, 0.5) is 18.9 Å². The number of nitrogens with one attached hydrogen (secondary N) is 1. The van der Waals surface area contributed by atoms with Crippen LogP contribution in [0.2, 0.25) is 0 Å². The largest absolute Gasteiger partial charge is 0.465 e. The van der Waals surface area contributed by atoms with Gasteiger partial charge in [0.25, 0.3) is 0 Å². The highest BCUT2D eigenvalue weighted by atomic mass is 19.4. The number of methoxy groups -OCH3 is 1. The molecule has 1 N–H and O–H groups in total. The average molecular weight is 287 g/mol. The molecule has 0 fully saturated rings. The van der Waals surface area contributed by atoms with E-state index in [-0.39, 0.29) is 12.0 Å². The summed E-state index contributed by atoms with van der Waals surface area (Å²) in [6.45, 7) is 0. The molecule has 1 aliphatic rings. The molecule has 0 spiro atoms. The lowest BCUT2D eigenvalue weighted by atomic mass is 9.93. The minimum absolute atomic E-state index is 0.131. The van der Waals surface area contributed by atoms with Gasteiger partial charge in [-0.15, -0.1) is 0 Å². The van der Waals surface area contributed by atoms with Gasteiger partial charge in [-0.3, -0.25) is 4.79 Å². The van der Waals surface area contributed by atoms with Gasteiger partial charge in [-0.2, -0.15) is 13.2 Å². The van der Waals surface area contributed by atoms with Crippen LogP contribution in [0.3, 0.4) is 0 Å². The summed E-state index contributed by atoms with van der Waals surface area (Å²) in [6.07, 6.45) is -5.74. The molecule has 0 radical (unpaired) electrons. The highest BCUT2D eigenvalue weighted by Gasteiger charge is 2.37. The topological polar surface area (TPSA) is 55.4 Å². The first kappa shape index (κ1) is 14.4. The summed E-state index contributed by atoms with van der Waals surface area (Å²) in [5.41, 5.74) is 1.19. The van der Waals surface area contributed by atoms with Crippen molar-refractivity contribution in [3.05, 3.63) is 29.3 Å². The molecule has 1 unspecified atom stereocenters. The number of benzene rings is 1. The molecule has 0 aliphatic carbocycles. The van der Waals surface area contributed by atoms with Gasteiger partial charge in [0.15, 0.2) is 5.78 Å². The molecule has 0 bridgehead atoms. The second-order valence-electron chi connectivity index (χ2n) is 4.52. The normalized spacial score (nSPS) is 18.2. The third-order valence-corrected chi connectivity index (χ3v) is 3.04. The molecule has 7 heteroatoms. The Balaban J connectivity index is 2.23. The first-order chi connectivity index (χ1) is 9.30. The third kappa shape index (κ3) is 3.09. The number of fused-ring (bicyclic) bond motifs is 1. The molecule has 0 saturated heterocycles. The van der Waals surface area contributed by atoms with Crippen LogP contribution in [0.15, 0.2) is 18.2 Å². The number of ketones is 1. The SMILES string of the molecule is COC(=O)c1ccc2c(c1)CC(=O)C(CC(F)(F)F)N2. The summed E-state index contributed by atoms with van der Waals surface area (Å²) in [7, 11) is 1.23. The molecule has 2 rings (SSSR count). The number of Topliss-reactive ketones (excluding diaryl/α,β-unsaturated/α-hetero) is 1. The molecular weight excluding hydrogens is 275 g/mol. The monoisotopic (exact) mass is 287 g/mol. The van der Waals surface area contributed by atoms with E-state index >= 15 is 0 Å². The first-order valence-electron chi connectivity index (χ1n) is 5.87. The second-order valence-corrected chi connectivity index (χ2v) is 4.52. The molecule has 4 nitrogen and oxygen atoms in total. The number of halogens is 3. The third-order valence-electron chi connectivity index (χ3n) is 3.04. The fraction of sp³-hybridized carbons (Fsp3) is 0.385. The van der Waals surface area contributed by atoms with E-state index < -0.39 is 30.4 Å². The van der Waals surface area contributed by atoms with E-state index in [0.29, 0.717) is 11.3 Å². The smallest absolute Gasteiger partial charge is 0.391 e. The number of hydrogen-bond donors (Lipinski definition) is 1. The van der Waals surface area contributed by atoms with Crippen molar-refractivity contribution in [1.29, 1.82) is 0 Å². The minimum atomic E-state index is -4.41. The zero-order chi connectivity index (χ0) is 14.9. The van der Waals surface area contributed by atoms with Crippen LogP contribution in [0.25, 0.3) is 0 Å². The number of ether oxygens (including phenoxy) is 1. The summed E-state index contributed by atoms with van der Waals surface area (Å²) in [5.74, 6) is -1.10. The molecule has 1 aromatic rings. The minimum Gasteiger partial charge on any atom is -0.465 e. The van der Waals surface area contributed by atoms with Crippen molar-refractivity contribution < 1.29 is 27.5 Å². The van der Waals surface area contributed by atoms with E-state index in [4.69, 9.17) is 0 Å². The molecule has 0 saturated carbocycles. The fourth-order valence-electron chi connectivity index (χ4n) is 2.10. The van der Waals surface area contributed by atoms with Gasteiger partial charge < -0.3 is 10.1 Å². The Morgan fingerprint density at radius 2 is 2.15 bits per heavy atom. The number of hydrogen-bond acceptors (Lipinski definition) is 4. The predicted molar refractivity (Wildman–Crippen MR) is 64.6 cm³/mol. The highest BCUT2D eigenvalue weighted by Crippen LogP contribution is 2.30. The van der Waals surface area contributed by atoms with Gasteiger partial charge >= 0.3 is 12.1 Å². The maximum atomic E-state index is 12.4. The maximum absolute atomic E-state index is 12.4. The zero-order valence-electron chi connectivity index (χ0n) is 10.6. The lowest BCUT2D eigenvalue weighted by molar-refractivity contribution is -0.145. The van der Waals surface area contributed by atoms with Crippen molar-refractivity contribution in [3.63, 3.8) is 0 Å². The Morgan fingerprint density at radius 3 is 2.75 bits per heavy atom. The van der Waals surface area contributed by atoms with Crippen molar-refractivity contribution in [1.82, 2.24) is 0 Å². The highest BCUT2D eigenvalue weighted by molar-refractivity contribution is 5.95. The summed E-state index contributed by atoms with van der Waals surface area (Å²) >= 11 is 0. The Labute approximate surface area is 112 Å². The summed E-state index contributed by atoms with van der Waals surface area (Å²) in [6, 6.07) is 3.11. The van der Waals surface area contributed by atoms with Gasteiger partial charge in [0, 0.05) is 12.1 Å². The molecule has 1 aliphatic heterocycles. The average Bonchev–Trinajstić information content (AvgIpc) is 2.36. The molecule has 20 heavy (non-hydrogen) atoms. The second kappa shape index (κ2) is 5.15. The van der Waals surface area contributed by atoms with Crippen molar-refractivity contribution in [2.24, 2.45) is 0 Å². The Morgan fingerprint density at radius 1 is 1.45 bits per heavy atom. The van der Waals surface area contributed by atoms with Gasteiger partial charge in [-0.05, 0) is 23.8 Å². The van der Waals surface area contributed by atoms with E-state index in [1.807, 2.05) is 0 Å². The number of esters is 1. The van der Waals surface area contributed by atoms with E-state index in [0.717, 1.165) is 0 Å². The summed E-state index contributed by atoms with van der Waals surface area (Å²) in [4.78, 5) is 23.1.